The zero-order valence-corrected chi connectivity index (χ0v) is 21.2. The standard InChI is InChI=1S/C30H36N4O2/c1-36-24-13-10-21(11-14-24)19-31-32-29(35)20-33-16-17-34-27-15-12-23(22-6-3-2-4-7-22)18-26(27)25-8-5-9-28(33)30(25)34/h10-15,18-19,22,28H,2-9,16-17,20H2,1H3,(H,32,35). The van der Waals surface area contributed by atoms with Crippen LogP contribution in [0.25, 0.3) is 10.9 Å². The minimum atomic E-state index is -0.0592. The van der Waals surface area contributed by atoms with Gasteiger partial charge in [0.1, 0.15) is 5.75 Å². The molecule has 6 rings (SSSR count). The van der Waals surface area contributed by atoms with Crippen LogP contribution in [-0.4, -0.2) is 41.8 Å². The molecule has 6 heteroatoms. The van der Waals surface area contributed by atoms with Crippen molar-refractivity contribution in [1.29, 1.82) is 0 Å². The van der Waals surface area contributed by atoms with Crippen molar-refractivity contribution in [2.24, 2.45) is 5.10 Å². The number of hydrazone groups is 1. The Labute approximate surface area is 213 Å². The first-order valence-electron chi connectivity index (χ1n) is 13.6. The van der Waals surface area contributed by atoms with Gasteiger partial charge >= 0.3 is 0 Å². The van der Waals surface area contributed by atoms with Gasteiger partial charge in [0.15, 0.2) is 0 Å². The molecular weight excluding hydrogens is 448 g/mol. The molecule has 0 saturated heterocycles. The van der Waals surface area contributed by atoms with Crippen molar-refractivity contribution in [2.75, 3.05) is 20.2 Å². The number of nitrogens with one attached hydrogen (secondary N) is 1. The van der Waals surface area contributed by atoms with Gasteiger partial charge in [0, 0.05) is 29.7 Å². The molecule has 0 bridgehead atoms. The summed E-state index contributed by atoms with van der Waals surface area (Å²) in [6, 6.07) is 15.2. The van der Waals surface area contributed by atoms with Crippen LogP contribution in [0.15, 0.2) is 47.6 Å². The topological polar surface area (TPSA) is 58.9 Å². The smallest absolute Gasteiger partial charge is 0.254 e. The number of aryl methyl sites for hydroxylation is 1. The van der Waals surface area contributed by atoms with Crippen LogP contribution in [0.1, 0.15) is 79.3 Å². The van der Waals surface area contributed by atoms with E-state index in [0.29, 0.717) is 12.6 Å². The normalized spacial score (nSPS) is 20.5. The second kappa shape index (κ2) is 10.1. The summed E-state index contributed by atoms with van der Waals surface area (Å²) >= 11 is 0. The van der Waals surface area contributed by atoms with Gasteiger partial charge in [0.25, 0.3) is 5.91 Å². The number of carbonyl (C=O) groups is 1. The van der Waals surface area contributed by atoms with Crippen molar-refractivity contribution in [2.45, 2.75) is 69.9 Å². The fourth-order valence-corrected chi connectivity index (χ4v) is 6.66. The fraction of sp³-hybridized carbons (Fsp3) is 0.467. The number of carbonyl (C=O) groups excluding carboxylic acids is 1. The lowest BCUT2D eigenvalue weighted by molar-refractivity contribution is -0.123. The Hall–Kier alpha value is -3.12. The van der Waals surface area contributed by atoms with Gasteiger partial charge in [-0.15, -0.1) is 0 Å². The summed E-state index contributed by atoms with van der Waals surface area (Å²) < 4.78 is 7.74. The van der Waals surface area contributed by atoms with Crippen LogP contribution in [0.2, 0.25) is 0 Å². The van der Waals surface area contributed by atoms with Gasteiger partial charge in [-0.3, -0.25) is 9.69 Å². The Morgan fingerprint density at radius 2 is 1.89 bits per heavy atom. The van der Waals surface area contributed by atoms with Crippen LogP contribution in [0, 0.1) is 0 Å². The van der Waals surface area contributed by atoms with E-state index in [1.165, 1.54) is 66.2 Å². The van der Waals surface area contributed by atoms with Crippen LogP contribution in [0.4, 0.5) is 0 Å². The molecule has 1 aromatic heterocycles. The molecule has 1 saturated carbocycles. The van der Waals surface area contributed by atoms with Crippen LogP contribution in [0.5, 0.6) is 5.75 Å². The molecule has 2 aliphatic carbocycles. The van der Waals surface area contributed by atoms with Gasteiger partial charge < -0.3 is 9.30 Å². The molecule has 1 fully saturated rings. The summed E-state index contributed by atoms with van der Waals surface area (Å²) in [6.45, 7) is 2.20. The van der Waals surface area contributed by atoms with Gasteiger partial charge in [-0.05, 0) is 91.1 Å². The third-order valence-electron chi connectivity index (χ3n) is 8.45. The molecule has 36 heavy (non-hydrogen) atoms. The number of amides is 1. The predicted molar refractivity (Wildman–Crippen MR) is 144 cm³/mol. The third-order valence-corrected chi connectivity index (χ3v) is 8.45. The lowest BCUT2D eigenvalue weighted by Crippen LogP contribution is -2.44. The Morgan fingerprint density at radius 3 is 2.69 bits per heavy atom. The number of fused-ring (bicyclic) bond motifs is 3. The summed E-state index contributed by atoms with van der Waals surface area (Å²) in [5.41, 5.74) is 9.56. The first-order valence-corrected chi connectivity index (χ1v) is 13.6. The van der Waals surface area contributed by atoms with Crippen molar-refractivity contribution in [1.82, 2.24) is 14.9 Å². The number of methoxy groups -OCH3 is 1. The highest BCUT2D eigenvalue weighted by Crippen LogP contribution is 2.44. The van der Waals surface area contributed by atoms with Crippen LogP contribution in [0.3, 0.4) is 0 Å². The van der Waals surface area contributed by atoms with Gasteiger partial charge in [0.2, 0.25) is 0 Å². The molecule has 6 nitrogen and oxygen atoms in total. The molecule has 1 unspecified atom stereocenters. The highest BCUT2D eigenvalue weighted by Gasteiger charge is 2.35. The van der Waals surface area contributed by atoms with E-state index in [1.54, 1.807) is 13.3 Å². The van der Waals surface area contributed by atoms with Crippen LogP contribution >= 0.6 is 0 Å². The molecule has 1 amide bonds. The largest absolute Gasteiger partial charge is 0.497 e. The van der Waals surface area contributed by atoms with E-state index in [9.17, 15) is 4.79 Å². The molecule has 1 aliphatic heterocycles. The summed E-state index contributed by atoms with van der Waals surface area (Å²) in [7, 11) is 1.65. The number of nitrogens with zero attached hydrogens (tertiary/aromatic N) is 3. The zero-order chi connectivity index (χ0) is 24.5. The van der Waals surface area contributed by atoms with E-state index in [-0.39, 0.29) is 5.91 Å². The van der Waals surface area contributed by atoms with Crippen molar-refractivity contribution >= 4 is 23.0 Å². The highest BCUT2D eigenvalue weighted by molar-refractivity contribution is 5.87. The van der Waals surface area contributed by atoms with E-state index < -0.39 is 0 Å². The Morgan fingerprint density at radius 1 is 1.06 bits per heavy atom. The monoisotopic (exact) mass is 484 g/mol. The Balaban J connectivity index is 1.18. The van der Waals surface area contributed by atoms with Crippen molar-refractivity contribution in [3.05, 3.63) is 64.8 Å². The number of rotatable bonds is 6. The minimum Gasteiger partial charge on any atom is -0.497 e. The minimum absolute atomic E-state index is 0.0592. The lowest BCUT2D eigenvalue weighted by Gasteiger charge is -2.39. The summed E-state index contributed by atoms with van der Waals surface area (Å²) in [5, 5.41) is 5.65. The quantitative estimate of drug-likeness (QED) is 0.369. The summed E-state index contributed by atoms with van der Waals surface area (Å²) in [4.78, 5) is 15.1. The second-order valence-electron chi connectivity index (χ2n) is 10.6. The van der Waals surface area contributed by atoms with Gasteiger partial charge in [-0.25, -0.2) is 5.43 Å². The number of aromatic nitrogens is 1. The molecule has 3 aromatic rings. The average molecular weight is 485 g/mol. The molecular formula is C30H36N4O2. The zero-order valence-electron chi connectivity index (χ0n) is 21.2. The fourth-order valence-electron chi connectivity index (χ4n) is 6.66. The van der Waals surface area contributed by atoms with E-state index >= 15 is 0 Å². The van der Waals surface area contributed by atoms with Crippen molar-refractivity contribution < 1.29 is 9.53 Å². The van der Waals surface area contributed by atoms with E-state index in [4.69, 9.17) is 4.74 Å². The number of ether oxygens (including phenoxy) is 1. The molecule has 0 spiro atoms. The summed E-state index contributed by atoms with van der Waals surface area (Å²) in [6.07, 6.45) is 11.9. The maximum atomic E-state index is 12.8. The molecule has 188 valence electrons. The maximum Gasteiger partial charge on any atom is 0.254 e. The summed E-state index contributed by atoms with van der Waals surface area (Å²) in [5.74, 6) is 1.47. The SMILES string of the molecule is COc1ccc(C=NNC(=O)CN2CCn3c4c(c5cc(C6CCCCC6)ccc53)CCCC42)cc1. The Bertz CT molecular complexity index is 1270. The van der Waals surface area contributed by atoms with Crippen LogP contribution < -0.4 is 10.2 Å². The van der Waals surface area contributed by atoms with Gasteiger partial charge in [0.05, 0.1) is 25.9 Å². The molecule has 1 atom stereocenters. The molecule has 2 aromatic carbocycles. The third kappa shape index (κ3) is 4.43. The van der Waals surface area contributed by atoms with E-state index in [0.717, 1.165) is 43.2 Å². The number of benzene rings is 2. The first kappa shape index (κ1) is 23.3. The van der Waals surface area contributed by atoms with E-state index in [1.807, 2.05) is 24.3 Å². The maximum absolute atomic E-state index is 12.8. The van der Waals surface area contributed by atoms with Gasteiger partial charge in [-0.2, -0.15) is 5.10 Å². The molecule has 3 aliphatic rings. The predicted octanol–water partition coefficient (Wildman–Crippen LogP) is 5.54. The average Bonchev–Trinajstić information content (AvgIpc) is 3.25. The first-order chi connectivity index (χ1) is 17.7. The molecule has 2 heterocycles. The number of hydrogen-bond donors (Lipinski definition) is 1. The lowest BCUT2D eigenvalue weighted by atomic mass is 9.83. The molecule has 0 radical (unpaired) electrons. The van der Waals surface area contributed by atoms with E-state index in [2.05, 4.69) is 38.2 Å². The highest BCUT2D eigenvalue weighted by atomic mass is 16.5. The second-order valence-corrected chi connectivity index (χ2v) is 10.6. The van der Waals surface area contributed by atoms with Gasteiger partial charge in [-0.1, -0.05) is 25.3 Å². The van der Waals surface area contributed by atoms with Crippen LogP contribution in [-0.2, 0) is 17.8 Å². The van der Waals surface area contributed by atoms with Crippen molar-refractivity contribution in [3.63, 3.8) is 0 Å². The van der Waals surface area contributed by atoms with Crippen molar-refractivity contribution in [3.8, 4) is 5.75 Å². The molecule has 1 N–H and O–H groups in total. The Kier molecular flexibility index (Phi) is 6.53. The number of hydrogen-bond acceptors (Lipinski definition) is 4.